The molecule has 7 rings (SSSR count). The van der Waals surface area contributed by atoms with Gasteiger partial charge in [-0.2, -0.15) is 0 Å². The lowest BCUT2D eigenvalue weighted by Crippen LogP contribution is -2.24. The molecule has 1 atom stereocenters. The molecule has 1 N–H and O–H groups in total. The first-order chi connectivity index (χ1) is 23.3. The van der Waals surface area contributed by atoms with Crippen LogP contribution in [0.5, 0.6) is 23.0 Å². The zero-order chi connectivity index (χ0) is 33.4. The van der Waals surface area contributed by atoms with Crippen LogP contribution >= 0.6 is 0 Å². The zero-order valence-corrected chi connectivity index (χ0v) is 27.4. The quantitative estimate of drug-likeness (QED) is 0.149. The third-order valence-electron chi connectivity index (χ3n) is 9.63. The first-order valence-electron chi connectivity index (χ1n) is 16.3. The molecule has 4 heterocycles. The molecule has 3 aromatic heterocycles. The molecule has 0 bridgehead atoms. The maximum Gasteiger partial charge on any atom is 0.282 e. The van der Waals surface area contributed by atoms with Gasteiger partial charge in [0.05, 0.1) is 43.6 Å². The predicted molar refractivity (Wildman–Crippen MR) is 181 cm³/mol. The third kappa shape index (κ3) is 6.07. The molecule has 2 aliphatic rings. The van der Waals surface area contributed by atoms with Crippen molar-refractivity contribution >= 4 is 16.7 Å². The Morgan fingerprint density at radius 2 is 1.85 bits per heavy atom. The summed E-state index contributed by atoms with van der Waals surface area (Å²) in [4.78, 5) is 37.9. The van der Waals surface area contributed by atoms with Crippen LogP contribution < -0.4 is 19.8 Å². The van der Waals surface area contributed by atoms with Crippen molar-refractivity contribution in [3.63, 3.8) is 0 Å². The molecule has 1 aliphatic carbocycles. The van der Waals surface area contributed by atoms with E-state index in [1.165, 1.54) is 4.68 Å². The maximum absolute atomic E-state index is 13.3. The van der Waals surface area contributed by atoms with Gasteiger partial charge < -0.3 is 19.3 Å². The number of rotatable bonds is 12. The number of hydrogen-bond acceptors (Lipinski definition) is 9. The van der Waals surface area contributed by atoms with Crippen LogP contribution in [0, 0.1) is 12.3 Å². The van der Waals surface area contributed by atoms with Crippen molar-refractivity contribution in [1.82, 2.24) is 24.2 Å². The maximum atomic E-state index is 13.3. The number of pyridine rings is 2. The number of methoxy groups -OCH3 is 1. The van der Waals surface area contributed by atoms with Crippen molar-refractivity contribution < 1.29 is 24.1 Å². The number of Topliss-reactive ketones (excluding diaryl/α,β-unsaturated/α-hetero) is 1. The van der Waals surface area contributed by atoms with Gasteiger partial charge >= 0.3 is 0 Å². The number of aliphatic hydroxyl groups excluding tert-OH is 1. The minimum Gasteiger partial charge on any atom is -0.493 e. The van der Waals surface area contributed by atoms with Gasteiger partial charge in [0.25, 0.3) is 5.56 Å². The van der Waals surface area contributed by atoms with Gasteiger partial charge in [-0.25, -0.2) is 4.68 Å². The van der Waals surface area contributed by atoms with Crippen LogP contribution in [-0.4, -0.2) is 74.6 Å². The highest BCUT2D eigenvalue weighted by Crippen LogP contribution is 2.52. The lowest BCUT2D eigenvalue weighted by Gasteiger charge is -2.17. The molecule has 11 heteroatoms. The molecule has 2 fully saturated rings. The Kier molecular flexibility index (Phi) is 8.49. The van der Waals surface area contributed by atoms with Gasteiger partial charge in [-0.15, -0.1) is 0 Å². The van der Waals surface area contributed by atoms with Crippen molar-refractivity contribution in [3.8, 4) is 28.7 Å². The number of fused-ring (bicyclic) bond motifs is 1. The smallest absolute Gasteiger partial charge is 0.282 e. The van der Waals surface area contributed by atoms with Crippen molar-refractivity contribution in [3.05, 3.63) is 100 Å². The number of ketones is 1. The number of β-amino-alcohol motifs (C(OH)–C–C–N with tert-alkyl or cyclic N) is 1. The number of likely N-dealkylation sites (tertiary alicyclic amines) is 1. The summed E-state index contributed by atoms with van der Waals surface area (Å²) < 4.78 is 21.2. The Hall–Kier alpha value is -5.00. The number of aromatic nitrogens is 4. The fourth-order valence-electron chi connectivity index (χ4n) is 6.68. The number of carbonyl (C=O) groups excluding carboxylic acids is 1. The van der Waals surface area contributed by atoms with Crippen molar-refractivity contribution in [1.29, 1.82) is 0 Å². The highest BCUT2D eigenvalue weighted by Gasteiger charge is 2.54. The Balaban J connectivity index is 1.01. The number of ether oxygens (including phenoxy) is 3. The molecule has 48 heavy (non-hydrogen) atoms. The predicted octanol–water partition coefficient (Wildman–Crippen LogP) is 4.88. The molecule has 0 radical (unpaired) electrons. The number of hydrogen-bond donors (Lipinski definition) is 1. The number of aliphatic hydroxyl groups is 1. The van der Waals surface area contributed by atoms with E-state index in [0.29, 0.717) is 52.2 Å². The molecule has 1 saturated carbocycles. The summed E-state index contributed by atoms with van der Waals surface area (Å²) in [5, 5.41) is 11.1. The third-order valence-corrected chi connectivity index (χ3v) is 9.63. The molecule has 1 aliphatic heterocycles. The van der Waals surface area contributed by atoms with E-state index in [9.17, 15) is 14.7 Å². The molecule has 1 spiro atoms. The van der Waals surface area contributed by atoms with Gasteiger partial charge in [-0.1, -0.05) is 18.2 Å². The zero-order valence-electron chi connectivity index (χ0n) is 27.4. The number of para-hydroxylation sites is 1. The highest BCUT2D eigenvalue weighted by molar-refractivity contribution is 5.98. The lowest BCUT2D eigenvalue weighted by molar-refractivity contribution is 0.0990. The summed E-state index contributed by atoms with van der Waals surface area (Å²) in [5.41, 5.74) is 2.46. The number of nitrogens with zero attached hydrogens (tertiary/aromatic N) is 5. The van der Waals surface area contributed by atoms with Crippen molar-refractivity contribution in [2.75, 3.05) is 33.4 Å². The monoisotopic (exact) mass is 649 g/mol. The summed E-state index contributed by atoms with van der Waals surface area (Å²) in [6.07, 6.45) is 6.11. The number of benzene rings is 2. The molecule has 5 aromatic rings. The van der Waals surface area contributed by atoms with E-state index in [-0.39, 0.29) is 34.8 Å². The van der Waals surface area contributed by atoms with Gasteiger partial charge in [0.1, 0.15) is 17.1 Å². The van der Waals surface area contributed by atoms with Crippen molar-refractivity contribution in [2.24, 2.45) is 12.5 Å². The summed E-state index contributed by atoms with van der Waals surface area (Å²) >= 11 is 0. The summed E-state index contributed by atoms with van der Waals surface area (Å²) in [7, 11) is 3.37. The van der Waals surface area contributed by atoms with Gasteiger partial charge in [-0.05, 0) is 62.6 Å². The molecular formula is C37H39N5O6. The van der Waals surface area contributed by atoms with E-state index in [1.54, 1.807) is 56.4 Å². The van der Waals surface area contributed by atoms with Gasteiger partial charge in [0.15, 0.2) is 17.3 Å². The van der Waals surface area contributed by atoms with E-state index in [2.05, 4.69) is 14.9 Å². The van der Waals surface area contributed by atoms with Crippen LogP contribution in [0.25, 0.3) is 16.6 Å². The molecule has 1 saturated heterocycles. The minimum atomic E-state index is -0.353. The fraction of sp³-hybridized carbons (Fsp3) is 0.351. The second kappa shape index (κ2) is 12.9. The average molecular weight is 650 g/mol. The van der Waals surface area contributed by atoms with Crippen LogP contribution in [0.4, 0.5) is 0 Å². The largest absolute Gasteiger partial charge is 0.493 e. The number of carbonyl (C=O) groups is 1. The average Bonchev–Trinajstić information content (AvgIpc) is 3.75. The van der Waals surface area contributed by atoms with Gasteiger partial charge in [0.2, 0.25) is 0 Å². The molecule has 11 nitrogen and oxygen atoms in total. The van der Waals surface area contributed by atoms with Crippen LogP contribution in [0.1, 0.15) is 41.0 Å². The van der Waals surface area contributed by atoms with Gasteiger partial charge in [-0.3, -0.25) is 29.1 Å². The summed E-state index contributed by atoms with van der Waals surface area (Å²) in [6.45, 7) is 4.89. The molecular weight excluding hydrogens is 610 g/mol. The standard InChI is InChI=1S/C37H39N5O6/c1-24-35(36(45)42(40(24)2)26-8-5-4-6-9-26)30(43)18-25-10-11-27(21-39-25)48-31-12-15-38-29-20-33(32(46-3)19-28(29)31)47-17-7-16-41-22-34(44)37(23-41)13-14-37/h4-6,8-12,15,19-21,34,44H,7,13-14,16-18,22-23H2,1-3H3. The van der Waals surface area contributed by atoms with Crippen molar-refractivity contribution in [2.45, 2.75) is 38.7 Å². The Bertz CT molecular complexity index is 2020. The second-order valence-electron chi connectivity index (χ2n) is 12.8. The Morgan fingerprint density at radius 3 is 2.56 bits per heavy atom. The molecule has 248 valence electrons. The van der Waals surface area contributed by atoms with Crippen LogP contribution in [0.15, 0.2) is 77.9 Å². The highest BCUT2D eigenvalue weighted by atomic mass is 16.5. The normalized spacial score (nSPS) is 16.8. The SMILES string of the molecule is COc1cc2c(Oc3ccc(CC(=O)c4c(C)n(C)n(-c5ccccc5)c4=O)nc3)ccnc2cc1OCCCN1CC(O)C2(CC2)C1. The van der Waals surface area contributed by atoms with E-state index in [1.807, 2.05) is 42.5 Å². The minimum absolute atomic E-state index is 0.0198. The van der Waals surface area contributed by atoms with E-state index in [0.717, 1.165) is 44.3 Å². The van der Waals surface area contributed by atoms with E-state index in [4.69, 9.17) is 14.2 Å². The first-order valence-corrected chi connectivity index (χ1v) is 16.3. The van der Waals surface area contributed by atoms with Crippen LogP contribution in [0.2, 0.25) is 0 Å². The van der Waals surface area contributed by atoms with Gasteiger partial charge in [0, 0.05) is 61.1 Å². The Labute approximate surface area is 278 Å². The Morgan fingerprint density at radius 1 is 1.04 bits per heavy atom. The topological polar surface area (TPSA) is 121 Å². The summed E-state index contributed by atoms with van der Waals surface area (Å²) in [6, 6.07) is 18.2. The van der Waals surface area contributed by atoms with Crippen LogP contribution in [-0.2, 0) is 13.5 Å². The van der Waals surface area contributed by atoms with Crippen LogP contribution in [0.3, 0.4) is 0 Å². The summed E-state index contributed by atoms with van der Waals surface area (Å²) in [5.74, 6) is 1.94. The first kappa shape index (κ1) is 31.6. The molecule has 2 aromatic carbocycles. The van der Waals surface area contributed by atoms with E-state index < -0.39 is 0 Å². The lowest BCUT2D eigenvalue weighted by atomic mass is 10.0. The second-order valence-corrected chi connectivity index (χ2v) is 12.8. The van der Waals surface area contributed by atoms with E-state index >= 15 is 0 Å². The molecule has 1 unspecified atom stereocenters. The fourth-order valence-corrected chi connectivity index (χ4v) is 6.68. The molecule has 0 amide bonds.